The van der Waals surface area contributed by atoms with E-state index in [1.807, 2.05) is 6.07 Å². The van der Waals surface area contributed by atoms with Gasteiger partial charge in [-0.05, 0) is 18.2 Å². The molecule has 1 aromatic rings. The van der Waals surface area contributed by atoms with Crippen LogP contribution in [0.25, 0.3) is 0 Å². The average Bonchev–Trinajstić information content (AvgIpc) is 2.29. The molecule has 0 bridgehead atoms. The topological polar surface area (TPSA) is 24.1 Å². The van der Waals surface area contributed by atoms with E-state index in [2.05, 4.69) is 40.4 Å². The lowest BCUT2D eigenvalue weighted by Gasteiger charge is -2.11. The minimum atomic E-state index is 0.993. The van der Waals surface area contributed by atoms with Gasteiger partial charge in [-0.25, -0.2) is 4.72 Å². The molecular weight excluding hydrogens is 192 g/mol. The summed E-state index contributed by atoms with van der Waals surface area (Å²) in [4.78, 5) is 1.31. The Hall–Kier alpha value is -0.930. The number of benzene rings is 1. The molecule has 14 heavy (non-hydrogen) atoms. The Morgan fingerprint density at radius 2 is 2.07 bits per heavy atom. The van der Waals surface area contributed by atoms with Crippen LogP contribution < -0.4 is 10.0 Å². The van der Waals surface area contributed by atoms with E-state index >= 15 is 0 Å². The van der Waals surface area contributed by atoms with Crippen LogP contribution in [0.1, 0.15) is 6.42 Å². The molecule has 74 valence electrons. The van der Waals surface area contributed by atoms with Crippen LogP contribution in [-0.4, -0.2) is 13.1 Å². The lowest BCUT2D eigenvalue weighted by molar-refractivity contribution is 0.690. The van der Waals surface area contributed by atoms with Crippen molar-refractivity contribution in [1.82, 2.24) is 10.0 Å². The summed E-state index contributed by atoms with van der Waals surface area (Å²) in [5.41, 5.74) is 1.36. The first-order valence-electron chi connectivity index (χ1n) is 4.87. The maximum Gasteiger partial charge on any atom is 0.179 e. The summed E-state index contributed by atoms with van der Waals surface area (Å²) in [6, 6.07) is 10.5. The highest BCUT2D eigenvalue weighted by molar-refractivity contribution is 7.76. The molecule has 0 amide bonds. The molecule has 0 spiro atoms. The van der Waals surface area contributed by atoms with Crippen LogP contribution in [0.15, 0.2) is 47.0 Å². The average molecular weight is 207 g/mol. The molecule has 0 aromatic heterocycles. The molecule has 1 aliphatic heterocycles. The third-order valence-corrected chi connectivity index (χ3v) is 3.10. The van der Waals surface area contributed by atoms with Crippen LogP contribution in [0.3, 0.4) is 0 Å². The molecule has 0 fully saturated rings. The van der Waals surface area contributed by atoms with Gasteiger partial charge >= 0.3 is 0 Å². The monoisotopic (exact) mass is 207 g/mol. The molecule has 1 aromatic carbocycles. The van der Waals surface area contributed by atoms with Gasteiger partial charge in [0.2, 0.25) is 0 Å². The van der Waals surface area contributed by atoms with Crippen LogP contribution >= 0.6 is 0 Å². The Kier molecular flexibility index (Phi) is 3.49. The summed E-state index contributed by atoms with van der Waals surface area (Å²) < 4.78 is 3.43. The zero-order valence-electron chi connectivity index (χ0n) is 8.03. The second-order valence-electron chi connectivity index (χ2n) is 3.24. The van der Waals surface area contributed by atoms with Crippen molar-refractivity contribution in [2.24, 2.45) is 0 Å². The van der Waals surface area contributed by atoms with Gasteiger partial charge in [-0.1, -0.05) is 18.2 Å². The van der Waals surface area contributed by atoms with E-state index in [9.17, 15) is 0 Å². The molecule has 1 heterocycles. The number of nitrogens with one attached hydrogen (secondary N) is 2. The predicted octanol–water partition coefficient (Wildman–Crippen LogP) is 1.24. The maximum absolute atomic E-state index is 3.43. The Bertz CT molecular complexity index is 308. The highest BCUT2D eigenvalue weighted by Gasteiger charge is 2.07. The van der Waals surface area contributed by atoms with Crippen molar-refractivity contribution >= 4 is 11.9 Å². The van der Waals surface area contributed by atoms with Crippen molar-refractivity contribution in [3.8, 4) is 0 Å². The van der Waals surface area contributed by atoms with Crippen LogP contribution in [-0.2, 0) is 11.9 Å². The molecule has 0 saturated heterocycles. The first-order chi connectivity index (χ1) is 6.95. The van der Waals surface area contributed by atoms with Crippen molar-refractivity contribution in [3.63, 3.8) is 0 Å². The summed E-state index contributed by atoms with van der Waals surface area (Å²) in [5.74, 6) is 0. The van der Waals surface area contributed by atoms with E-state index < -0.39 is 0 Å². The van der Waals surface area contributed by atoms with E-state index in [4.69, 9.17) is 0 Å². The fourth-order valence-electron chi connectivity index (χ4n) is 1.36. The third-order valence-electron chi connectivity index (χ3n) is 2.15. The quantitative estimate of drug-likeness (QED) is 0.575. The molecule has 0 radical (unpaired) electrons. The van der Waals surface area contributed by atoms with E-state index in [-0.39, 0.29) is 0 Å². The molecule has 2 nitrogen and oxygen atoms in total. The summed E-state index contributed by atoms with van der Waals surface area (Å²) in [6.07, 6.45) is 3.33. The summed E-state index contributed by atoms with van der Waals surface area (Å²) >= 11 is 1.19. The van der Waals surface area contributed by atoms with Gasteiger partial charge in [0, 0.05) is 19.5 Å². The molecule has 0 saturated carbocycles. The first-order valence-corrected chi connectivity index (χ1v) is 5.76. The van der Waals surface area contributed by atoms with Crippen LogP contribution in [0.4, 0.5) is 0 Å². The molecule has 2 rings (SSSR count). The summed E-state index contributed by atoms with van der Waals surface area (Å²) in [7, 11) is 0. The highest BCUT2D eigenvalue weighted by Crippen LogP contribution is 2.04. The zero-order valence-corrected chi connectivity index (χ0v) is 8.93. The summed E-state index contributed by atoms with van der Waals surface area (Å²) in [5, 5.41) is 3.29. The lowest BCUT2D eigenvalue weighted by atomic mass is 10.2. The van der Waals surface area contributed by atoms with Crippen molar-refractivity contribution < 1.29 is 0 Å². The number of thiol groups is 1. The van der Waals surface area contributed by atoms with Crippen LogP contribution in [0.5, 0.6) is 0 Å². The van der Waals surface area contributed by atoms with Gasteiger partial charge in [-0.2, -0.15) is 0 Å². The van der Waals surface area contributed by atoms with Gasteiger partial charge in [0.1, 0.15) is 11.9 Å². The van der Waals surface area contributed by atoms with Gasteiger partial charge < -0.3 is 5.32 Å². The van der Waals surface area contributed by atoms with Crippen molar-refractivity contribution in [1.29, 1.82) is 0 Å². The Morgan fingerprint density at radius 1 is 1.21 bits per heavy atom. The molecule has 0 unspecified atom stereocenters. The third kappa shape index (κ3) is 2.79. The standard InChI is InChI=1S/C11H14N2S/c1-2-4-11(5-3-1)14-13-10-6-8-12-9-7-10/h1-6,12-13H,7-9H2/p+1. The molecule has 3 heteroatoms. The molecule has 1 aliphatic rings. The number of hydrogen-bond donors (Lipinski definition) is 2. The normalized spacial score (nSPS) is 16.1. The smallest absolute Gasteiger partial charge is 0.179 e. The van der Waals surface area contributed by atoms with Crippen molar-refractivity contribution in [3.05, 3.63) is 42.1 Å². The highest BCUT2D eigenvalue weighted by atomic mass is 32.2. The molecule has 0 atom stereocenters. The second-order valence-corrected chi connectivity index (χ2v) is 4.21. The van der Waals surface area contributed by atoms with E-state index in [1.165, 1.54) is 22.5 Å². The Labute approximate surface area is 88.9 Å². The molecule has 0 aliphatic carbocycles. The maximum atomic E-state index is 3.43. The zero-order chi connectivity index (χ0) is 9.64. The summed E-state index contributed by atoms with van der Waals surface area (Å²) in [6.45, 7) is 2.08. The first kappa shape index (κ1) is 9.62. The Morgan fingerprint density at radius 3 is 2.79 bits per heavy atom. The van der Waals surface area contributed by atoms with Crippen LogP contribution in [0.2, 0.25) is 0 Å². The van der Waals surface area contributed by atoms with E-state index in [0.717, 1.165) is 19.5 Å². The van der Waals surface area contributed by atoms with Crippen molar-refractivity contribution in [2.75, 3.05) is 13.1 Å². The number of rotatable bonds is 3. The van der Waals surface area contributed by atoms with Gasteiger partial charge in [0.25, 0.3) is 0 Å². The fraction of sp³-hybridized carbons (Fsp3) is 0.273. The largest absolute Gasteiger partial charge is 0.313 e. The van der Waals surface area contributed by atoms with Gasteiger partial charge in [-0.3, -0.25) is 0 Å². The SMILES string of the molecule is C1=C(N[SH+]c2ccccc2)CCNC1. The van der Waals surface area contributed by atoms with Gasteiger partial charge in [-0.15, -0.1) is 0 Å². The minimum absolute atomic E-state index is 0.993. The van der Waals surface area contributed by atoms with Crippen molar-refractivity contribution in [2.45, 2.75) is 11.3 Å². The minimum Gasteiger partial charge on any atom is -0.313 e. The van der Waals surface area contributed by atoms with E-state index in [1.54, 1.807) is 0 Å². The molecule has 2 N–H and O–H groups in total. The van der Waals surface area contributed by atoms with E-state index in [0.29, 0.717) is 0 Å². The predicted molar refractivity (Wildman–Crippen MR) is 62.2 cm³/mol. The lowest BCUT2D eigenvalue weighted by Crippen LogP contribution is -2.25. The van der Waals surface area contributed by atoms with Gasteiger partial charge in [0.15, 0.2) is 4.90 Å². The second kappa shape index (κ2) is 5.08. The molecular formula is C11H15N2S+. The van der Waals surface area contributed by atoms with Gasteiger partial charge in [0.05, 0.1) is 5.70 Å². The number of hydrogen-bond acceptors (Lipinski definition) is 2. The van der Waals surface area contributed by atoms with Crippen LogP contribution in [0, 0.1) is 0 Å². The fourth-order valence-corrected chi connectivity index (χ4v) is 2.16. The Balaban J connectivity index is 1.85.